The molecule has 8 heteroatoms. The molecule has 2 bridgehead atoms. The van der Waals surface area contributed by atoms with Gasteiger partial charge < -0.3 is 14.6 Å². The van der Waals surface area contributed by atoms with Crippen molar-refractivity contribution >= 4 is 5.91 Å². The van der Waals surface area contributed by atoms with Gasteiger partial charge in [0.25, 0.3) is 5.91 Å². The van der Waals surface area contributed by atoms with Gasteiger partial charge in [-0.3, -0.25) is 14.4 Å². The van der Waals surface area contributed by atoms with Crippen LogP contribution in [0.15, 0.2) is 16.9 Å². The molecule has 0 unspecified atom stereocenters. The van der Waals surface area contributed by atoms with Crippen molar-refractivity contribution in [1.82, 2.24) is 25.2 Å². The van der Waals surface area contributed by atoms with Crippen molar-refractivity contribution in [2.24, 2.45) is 18.9 Å². The van der Waals surface area contributed by atoms with Crippen molar-refractivity contribution in [2.45, 2.75) is 51.4 Å². The molecular formula is C21H29N5O3. The maximum Gasteiger partial charge on any atom is 0.256 e. The molecule has 1 spiro atoms. The Balaban J connectivity index is 1.26. The minimum absolute atomic E-state index is 0.0377. The van der Waals surface area contributed by atoms with Gasteiger partial charge in [-0.2, -0.15) is 5.10 Å². The van der Waals surface area contributed by atoms with E-state index >= 15 is 0 Å². The summed E-state index contributed by atoms with van der Waals surface area (Å²) >= 11 is 0. The first-order valence-electron chi connectivity index (χ1n) is 10.6. The molecule has 8 nitrogen and oxygen atoms in total. The number of likely N-dealkylation sites (tertiary alicyclic amines) is 1. The zero-order valence-electron chi connectivity index (χ0n) is 17.4. The Hall–Kier alpha value is -2.19. The van der Waals surface area contributed by atoms with Crippen LogP contribution < -0.4 is 5.32 Å². The third-order valence-electron chi connectivity index (χ3n) is 7.01. The number of carbonyl (C=O) groups excluding carboxylic acids is 1. The summed E-state index contributed by atoms with van der Waals surface area (Å²) in [5.41, 5.74) is 2.52. The van der Waals surface area contributed by atoms with Gasteiger partial charge in [-0.1, -0.05) is 12.1 Å². The molecule has 5 heterocycles. The average Bonchev–Trinajstić information content (AvgIpc) is 3.47. The van der Waals surface area contributed by atoms with Gasteiger partial charge in [0.1, 0.15) is 11.3 Å². The molecule has 3 fully saturated rings. The highest BCUT2D eigenvalue weighted by molar-refractivity contribution is 5.96. The van der Waals surface area contributed by atoms with Crippen LogP contribution >= 0.6 is 0 Å². The van der Waals surface area contributed by atoms with E-state index in [-0.39, 0.29) is 17.6 Å². The highest BCUT2D eigenvalue weighted by Crippen LogP contribution is 2.54. The minimum Gasteiger partial charge on any atom is -0.370 e. The predicted molar refractivity (Wildman–Crippen MR) is 105 cm³/mol. The maximum absolute atomic E-state index is 12.8. The van der Waals surface area contributed by atoms with E-state index in [1.807, 2.05) is 24.9 Å². The molecule has 0 aromatic carbocycles. The second-order valence-electron chi connectivity index (χ2n) is 8.85. The minimum atomic E-state index is -0.0809. The number of aromatic nitrogens is 3. The summed E-state index contributed by atoms with van der Waals surface area (Å²) in [5, 5.41) is 11.4. The molecule has 0 radical (unpaired) electrons. The normalized spacial score (nSPS) is 30.8. The number of hydrogen-bond donors (Lipinski definition) is 1. The highest BCUT2D eigenvalue weighted by atomic mass is 16.5. The van der Waals surface area contributed by atoms with Crippen LogP contribution in [0.2, 0.25) is 0 Å². The lowest BCUT2D eigenvalue weighted by Crippen LogP contribution is -2.42. The van der Waals surface area contributed by atoms with E-state index < -0.39 is 0 Å². The van der Waals surface area contributed by atoms with Gasteiger partial charge in [0.15, 0.2) is 0 Å². The standard InChI is InChI=1S/C21H29N5O3/c1-4-17-19(13(2)29-24-17)20(27)22-8-15-16-11-26(10-14-7-23-25(3)9-14)12-21(16)6-5-18(15)28-21/h7,9,15-16,18H,4-6,8,10-12H2,1-3H3,(H,22,27)/t15-,16+,18+,21+/m0/s1. The molecule has 5 rings (SSSR count). The molecule has 4 atom stereocenters. The quantitative estimate of drug-likeness (QED) is 0.796. The summed E-state index contributed by atoms with van der Waals surface area (Å²) in [6.07, 6.45) is 7.17. The van der Waals surface area contributed by atoms with E-state index in [1.165, 1.54) is 5.56 Å². The van der Waals surface area contributed by atoms with Crippen LogP contribution in [0.4, 0.5) is 0 Å². The van der Waals surface area contributed by atoms with Crippen molar-refractivity contribution in [1.29, 1.82) is 0 Å². The number of carbonyl (C=O) groups is 1. The van der Waals surface area contributed by atoms with Crippen LogP contribution in [0.25, 0.3) is 0 Å². The molecule has 3 aliphatic heterocycles. The summed E-state index contributed by atoms with van der Waals surface area (Å²) in [5.74, 6) is 1.33. The molecule has 2 aromatic heterocycles. The Morgan fingerprint density at radius 1 is 1.45 bits per heavy atom. The van der Waals surface area contributed by atoms with Gasteiger partial charge >= 0.3 is 0 Å². The Labute approximate surface area is 170 Å². The third kappa shape index (κ3) is 3.09. The number of hydrogen-bond acceptors (Lipinski definition) is 6. The van der Waals surface area contributed by atoms with E-state index in [2.05, 4.69) is 26.7 Å². The van der Waals surface area contributed by atoms with Crippen LogP contribution in [0.5, 0.6) is 0 Å². The zero-order valence-corrected chi connectivity index (χ0v) is 17.4. The van der Waals surface area contributed by atoms with Crippen molar-refractivity contribution in [2.75, 3.05) is 19.6 Å². The van der Waals surface area contributed by atoms with Crippen LogP contribution in [0.1, 0.15) is 47.1 Å². The number of rotatable bonds is 6. The third-order valence-corrected chi connectivity index (χ3v) is 7.01. The van der Waals surface area contributed by atoms with E-state index in [9.17, 15) is 4.79 Å². The molecule has 2 aromatic rings. The fraction of sp³-hybridized carbons (Fsp3) is 0.667. The second kappa shape index (κ2) is 6.95. The molecular weight excluding hydrogens is 370 g/mol. The SMILES string of the molecule is CCc1noc(C)c1C(=O)NC[C@H]1[C@H]2CN(Cc3cnn(C)c3)C[C@]23CC[C@H]1O3. The van der Waals surface area contributed by atoms with Crippen LogP contribution in [0.3, 0.4) is 0 Å². The molecule has 1 amide bonds. The van der Waals surface area contributed by atoms with Crippen LogP contribution in [-0.2, 0) is 24.8 Å². The van der Waals surface area contributed by atoms with Crippen molar-refractivity contribution in [3.8, 4) is 0 Å². The molecule has 1 N–H and O–H groups in total. The van der Waals surface area contributed by atoms with Crippen LogP contribution in [0, 0.1) is 18.8 Å². The van der Waals surface area contributed by atoms with Gasteiger partial charge in [-0.05, 0) is 26.2 Å². The van der Waals surface area contributed by atoms with E-state index in [1.54, 1.807) is 6.92 Å². The summed E-state index contributed by atoms with van der Waals surface area (Å²) in [7, 11) is 1.95. The largest absolute Gasteiger partial charge is 0.370 e. The maximum atomic E-state index is 12.8. The van der Waals surface area contributed by atoms with Crippen LogP contribution in [-0.4, -0.2) is 57.1 Å². The lowest BCUT2D eigenvalue weighted by Gasteiger charge is -2.29. The summed E-state index contributed by atoms with van der Waals surface area (Å²) in [6.45, 7) is 7.31. The van der Waals surface area contributed by atoms with Gasteiger partial charge in [0, 0.05) is 56.8 Å². The molecule has 29 heavy (non-hydrogen) atoms. The first-order valence-corrected chi connectivity index (χ1v) is 10.6. The Morgan fingerprint density at radius 3 is 3.07 bits per heavy atom. The number of ether oxygens (including phenoxy) is 1. The Bertz CT molecular complexity index is 921. The van der Waals surface area contributed by atoms with Gasteiger partial charge in [-0.25, -0.2) is 0 Å². The smallest absolute Gasteiger partial charge is 0.256 e. The van der Waals surface area contributed by atoms with E-state index in [0.717, 1.165) is 38.2 Å². The Kier molecular flexibility index (Phi) is 4.51. The van der Waals surface area contributed by atoms with Crippen molar-refractivity contribution in [3.63, 3.8) is 0 Å². The second-order valence-corrected chi connectivity index (χ2v) is 8.85. The number of amides is 1. The summed E-state index contributed by atoms with van der Waals surface area (Å²) in [6, 6.07) is 0. The lowest BCUT2D eigenvalue weighted by atomic mass is 9.73. The number of nitrogens with one attached hydrogen (secondary N) is 1. The number of aryl methyl sites for hydroxylation is 3. The predicted octanol–water partition coefficient (Wildman–Crippen LogP) is 1.69. The molecule has 3 saturated heterocycles. The lowest BCUT2D eigenvalue weighted by molar-refractivity contribution is 0.00212. The van der Waals surface area contributed by atoms with Gasteiger partial charge in [0.2, 0.25) is 0 Å². The fourth-order valence-electron chi connectivity index (χ4n) is 5.74. The van der Waals surface area contributed by atoms with Gasteiger partial charge in [0.05, 0.1) is 23.6 Å². The van der Waals surface area contributed by atoms with Crippen molar-refractivity contribution < 1.29 is 14.1 Å². The fourth-order valence-corrected chi connectivity index (χ4v) is 5.74. The van der Waals surface area contributed by atoms with E-state index in [0.29, 0.717) is 36.1 Å². The zero-order chi connectivity index (χ0) is 20.2. The first kappa shape index (κ1) is 18.8. The monoisotopic (exact) mass is 399 g/mol. The topological polar surface area (TPSA) is 85.4 Å². The number of fused-ring (bicyclic) bond motifs is 1. The van der Waals surface area contributed by atoms with Crippen molar-refractivity contribution in [3.05, 3.63) is 35.0 Å². The number of nitrogens with zero attached hydrogens (tertiary/aromatic N) is 4. The molecule has 0 aliphatic carbocycles. The van der Waals surface area contributed by atoms with Gasteiger partial charge in [-0.15, -0.1) is 0 Å². The summed E-state index contributed by atoms with van der Waals surface area (Å²) in [4.78, 5) is 15.3. The first-order chi connectivity index (χ1) is 14.0. The summed E-state index contributed by atoms with van der Waals surface area (Å²) < 4.78 is 13.6. The molecule has 156 valence electrons. The molecule has 0 saturated carbocycles. The molecule has 3 aliphatic rings. The van der Waals surface area contributed by atoms with E-state index in [4.69, 9.17) is 9.26 Å². The Morgan fingerprint density at radius 2 is 2.31 bits per heavy atom. The average molecular weight is 399 g/mol. The highest BCUT2D eigenvalue weighted by Gasteiger charge is 2.62.